The number of ether oxygens (including phenoxy) is 5. The summed E-state index contributed by atoms with van der Waals surface area (Å²) in [7, 11) is -9.20. The average molecular weight is 685 g/mol. The Morgan fingerprint density at radius 2 is 1.83 bits per heavy atom. The molecule has 1 aliphatic carbocycles. The molecule has 1 amide bonds. The largest absolute Gasteiger partial charge is 0.469 e. The Bertz CT molecular complexity index is 1530. The van der Waals surface area contributed by atoms with E-state index in [-0.39, 0.29) is 43.5 Å². The van der Waals surface area contributed by atoms with Gasteiger partial charge in [0.2, 0.25) is 16.6 Å². The molecule has 3 aliphatic heterocycles. The molecule has 3 heterocycles. The highest BCUT2D eigenvalue weighted by Crippen LogP contribution is 2.44. The van der Waals surface area contributed by atoms with Crippen LogP contribution in [0.2, 0.25) is 0 Å². The first-order valence-electron chi connectivity index (χ1n) is 15.1. The molecule has 0 bridgehead atoms. The lowest BCUT2D eigenvalue weighted by molar-refractivity contribution is -0.0907. The minimum Gasteiger partial charge on any atom is -0.454 e. The van der Waals surface area contributed by atoms with Crippen LogP contribution in [-0.2, 0) is 44.4 Å². The smallest absolute Gasteiger partial charge is 0.454 e. The van der Waals surface area contributed by atoms with Crippen molar-refractivity contribution >= 4 is 23.8 Å². The molecule has 17 heteroatoms. The number of nitrogens with one attached hydrogen (secondary N) is 2. The van der Waals surface area contributed by atoms with Crippen molar-refractivity contribution in [1.29, 1.82) is 0 Å². The summed E-state index contributed by atoms with van der Waals surface area (Å²) in [5.74, 6) is 0.618. The van der Waals surface area contributed by atoms with Crippen LogP contribution in [0.3, 0.4) is 0 Å². The molecule has 4 aliphatic rings. The lowest BCUT2D eigenvalue weighted by Crippen LogP contribution is -2.52. The summed E-state index contributed by atoms with van der Waals surface area (Å²) in [6.45, 7) is 0.234. The summed E-state index contributed by atoms with van der Waals surface area (Å²) in [6, 6.07) is 12.2. The molecule has 0 radical (unpaired) electrons. The monoisotopic (exact) mass is 684 g/mol. The predicted octanol–water partition coefficient (Wildman–Crippen LogP) is 2.56. The Labute approximate surface area is 265 Å². The second kappa shape index (κ2) is 13.7. The molecule has 3 fully saturated rings. The van der Waals surface area contributed by atoms with E-state index in [9.17, 15) is 27.6 Å². The van der Waals surface area contributed by atoms with Gasteiger partial charge < -0.3 is 38.8 Å². The summed E-state index contributed by atoms with van der Waals surface area (Å²) in [4.78, 5) is 37.0. The van der Waals surface area contributed by atoms with Gasteiger partial charge >= 0.3 is 13.9 Å². The number of alkyl carbamates (subject to hydrolysis) is 1. The highest BCUT2D eigenvalue weighted by atomic mass is 32.2. The molecule has 5 atom stereocenters. The molecule has 2 aromatic rings. The Kier molecular flexibility index (Phi) is 9.90. The molecule has 0 unspecified atom stereocenters. The number of carbonyl (C=O) groups is 1. The van der Waals surface area contributed by atoms with Gasteiger partial charge in [0.25, 0.3) is 0 Å². The summed E-state index contributed by atoms with van der Waals surface area (Å²) >= 11 is 0. The van der Waals surface area contributed by atoms with Crippen molar-refractivity contribution in [3.05, 3.63) is 54.1 Å². The number of carbonyl (C=O) groups excluding carboxylic acids is 1. The molecule has 15 nitrogen and oxygen atoms in total. The molecule has 2 saturated heterocycles. The van der Waals surface area contributed by atoms with Gasteiger partial charge in [-0.2, -0.15) is 5.48 Å². The third kappa shape index (κ3) is 7.35. The molecular formula is C29H37N2O13PS. The van der Waals surface area contributed by atoms with E-state index in [4.69, 9.17) is 33.0 Å². The maximum Gasteiger partial charge on any atom is 0.469 e. The Balaban J connectivity index is 1.19. The number of rotatable bonds is 13. The molecular weight excluding hydrogens is 647 g/mol. The number of fused-ring (bicyclic) bond motifs is 2. The normalized spacial score (nSPS) is 24.8. The van der Waals surface area contributed by atoms with E-state index in [1.165, 1.54) is 18.2 Å². The number of phosphoric ester groups is 1. The number of amides is 1. The third-order valence-electron chi connectivity index (χ3n) is 8.62. The molecule has 4 N–H and O–H groups in total. The van der Waals surface area contributed by atoms with E-state index in [2.05, 4.69) is 10.8 Å². The number of hydroxylamine groups is 1. The van der Waals surface area contributed by atoms with Crippen molar-refractivity contribution < 1.29 is 60.6 Å². The van der Waals surface area contributed by atoms with Crippen LogP contribution >= 0.6 is 7.82 Å². The SMILES string of the molecule is O=C(N[C@@H](Cc1ccccc1)[C@@H](CNOC1(S(=O)(=O)c2ccc3c(c2)OCO3)CCCC1)OP(=O)(O)O)O[C@H]1CO[C@H]2OCC[C@H]21. The van der Waals surface area contributed by atoms with Gasteiger partial charge in [0.05, 0.1) is 36.6 Å². The van der Waals surface area contributed by atoms with Gasteiger partial charge in [-0.25, -0.2) is 17.8 Å². The van der Waals surface area contributed by atoms with E-state index < -0.39 is 59.8 Å². The van der Waals surface area contributed by atoms with Gasteiger partial charge in [0.1, 0.15) is 12.2 Å². The lowest BCUT2D eigenvalue weighted by Gasteiger charge is -2.32. The number of hydrogen-bond acceptors (Lipinski definition) is 12. The number of sulfone groups is 1. The molecule has 1 saturated carbocycles. The van der Waals surface area contributed by atoms with Crippen molar-refractivity contribution in [2.24, 2.45) is 5.92 Å². The van der Waals surface area contributed by atoms with Gasteiger partial charge in [0, 0.05) is 6.07 Å². The van der Waals surface area contributed by atoms with Crippen LogP contribution in [-0.4, -0.2) is 80.3 Å². The van der Waals surface area contributed by atoms with Crippen LogP contribution in [0.15, 0.2) is 53.4 Å². The van der Waals surface area contributed by atoms with Crippen LogP contribution < -0.4 is 20.3 Å². The van der Waals surface area contributed by atoms with Gasteiger partial charge in [-0.1, -0.05) is 30.3 Å². The third-order valence-corrected chi connectivity index (χ3v) is 11.5. The van der Waals surface area contributed by atoms with Crippen LogP contribution in [0.1, 0.15) is 37.7 Å². The fourth-order valence-electron chi connectivity index (χ4n) is 6.30. The average Bonchev–Trinajstić information content (AvgIpc) is 3.83. The van der Waals surface area contributed by atoms with E-state index in [0.717, 1.165) is 5.56 Å². The standard InChI is InChI=1S/C29H37N2O13PS/c32-28(42-26-17-39-27-21(26)10-13-38-27)31-22(14-19-6-2-1-3-7-19)25(43-45(33,34)35)16-30-44-29(11-4-5-12-29)46(36,37)20-8-9-23-24(15-20)41-18-40-23/h1-3,6-9,15,21-22,25-27,30H,4-5,10-14,16-18H2,(H,31,32)(H2,33,34,35)/t21-,22-,25+,26-,27+/m0/s1. The van der Waals surface area contributed by atoms with Crippen molar-refractivity contribution in [3.63, 3.8) is 0 Å². The predicted molar refractivity (Wildman–Crippen MR) is 158 cm³/mol. The van der Waals surface area contributed by atoms with Crippen LogP contribution in [0.25, 0.3) is 0 Å². The van der Waals surface area contributed by atoms with Gasteiger partial charge in [-0.15, -0.1) is 0 Å². The Hall–Kier alpha value is -2.79. The lowest BCUT2D eigenvalue weighted by atomic mass is 10.0. The topological polar surface area (TPSA) is 197 Å². The zero-order chi connectivity index (χ0) is 32.4. The van der Waals surface area contributed by atoms with E-state index in [1.54, 1.807) is 30.3 Å². The first-order chi connectivity index (χ1) is 22.0. The van der Waals surface area contributed by atoms with Crippen molar-refractivity contribution in [2.45, 2.75) is 72.9 Å². The molecule has 252 valence electrons. The second-order valence-electron chi connectivity index (χ2n) is 11.6. The minimum absolute atomic E-state index is 0.0133. The molecule has 0 spiro atoms. The van der Waals surface area contributed by atoms with Crippen molar-refractivity contribution in [3.8, 4) is 11.5 Å². The molecule has 46 heavy (non-hydrogen) atoms. The maximum atomic E-state index is 13.9. The first-order valence-corrected chi connectivity index (χ1v) is 18.1. The fourth-order valence-corrected chi connectivity index (χ4v) is 8.80. The van der Waals surface area contributed by atoms with Gasteiger partial charge in [-0.3, -0.25) is 9.36 Å². The minimum atomic E-state index is -5.11. The zero-order valence-electron chi connectivity index (χ0n) is 24.8. The first kappa shape index (κ1) is 33.1. The number of phosphoric acid groups is 1. The second-order valence-corrected chi connectivity index (χ2v) is 15.0. The fraction of sp³-hybridized carbons (Fsp3) is 0.552. The van der Waals surface area contributed by atoms with Crippen LogP contribution in [0.4, 0.5) is 4.79 Å². The highest BCUT2D eigenvalue weighted by molar-refractivity contribution is 7.92. The van der Waals surface area contributed by atoms with Crippen molar-refractivity contribution in [1.82, 2.24) is 10.8 Å². The summed E-state index contributed by atoms with van der Waals surface area (Å²) in [5, 5.41) is 2.70. The summed E-state index contributed by atoms with van der Waals surface area (Å²) < 4.78 is 72.5. The van der Waals surface area contributed by atoms with Gasteiger partial charge in [-0.05, 0) is 56.2 Å². The Morgan fingerprint density at radius 3 is 2.59 bits per heavy atom. The maximum absolute atomic E-state index is 13.9. The number of benzene rings is 2. The highest BCUT2D eigenvalue weighted by Gasteiger charge is 2.50. The van der Waals surface area contributed by atoms with E-state index in [0.29, 0.717) is 37.4 Å². The van der Waals surface area contributed by atoms with Crippen LogP contribution in [0.5, 0.6) is 11.5 Å². The van der Waals surface area contributed by atoms with E-state index >= 15 is 0 Å². The Morgan fingerprint density at radius 1 is 1.07 bits per heavy atom. The van der Waals surface area contributed by atoms with Gasteiger partial charge in [0.15, 0.2) is 22.7 Å². The quantitative estimate of drug-likeness (QED) is 0.177. The molecule has 6 rings (SSSR count). The summed E-state index contributed by atoms with van der Waals surface area (Å²) in [5.41, 5.74) is 3.37. The van der Waals surface area contributed by atoms with Crippen LogP contribution in [0, 0.1) is 5.92 Å². The van der Waals surface area contributed by atoms with E-state index in [1.807, 2.05) is 0 Å². The zero-order valence-corrected chi connectivity index (χ0v) is 26.5. The van der Waals surface area contributed by atoms with Crippen molar-refractivity contribution in [2.75, 3.05) is 26.6 Å². The number of hydrogen-bond donors (Lipinski definition) is 4. The molecule has 0 aromatic heterocycles. The summed E-state index contributed by atoms with van der Waals surface area (Å²) in [6.07, 6.45) is -0.953. The molecule has 2 aromatic carbocycles.